The molecule has 0 radical (unpaired) electrons. The molecule has 21 heavy (non-hydrogen) atoms. The van der Waals surface area contributed by atoms with Crippen LogP contribution in [0.2, 0.25) is 5.02 Å². The fraction of sp³-hybridized carbons (Fsp3) is 0.231. The van der Waals surface area contributed by atoms with E-state index in [2.05, 4.69) is 10.2 Å². The van der Waals surface area contributed by atoms with E-state index in [1.54, 1.807) is 6.07 Å². The van der Waals surface area contributed by atoms with E-state index < -0.39 is 5.97 Å². The summed E-state index contributed by atoms with van der Waals surface area (Å²) in [5, 5.41) is 15.7. The van der Waals surface area contributed by atoms with Gasteiger partial charge in [0.2, 0.25) is 0 Å². The number of aromatic carboxylic acids is 1. The van der Waals surface area contributed by atoms with Crippen LogP contribution in [0.1, 0.15) is 10.5 Å². The number of benzene rings is 1. The van der Waals surface area contributed by atoms with E-state index >= 15 is 0 Å². The molecule has 0 amide bonds. The number of fused-ring (bicyclic) bond motifs is 1. The molecule has 0 saturated carbocycles. The first-order valence-electron chi connectivity index (χ1n) is 6.07. The van der Waals surface area contributed by atoms with Crippen molar-refractivity contribution in [1.82, 2.24) is 10.2 Å². The van der Waals surface area contributed by atoms with E-state index in [1.807, 2.05) is 0 Å². The van der Waals surface area contributed by atoms with Gasteiger partial charge in [-0.15, -0.1) is 0 Å². The van der Waals surface area contributed by atoms with Gasteiger partial charge in [0.1, 0.15) is 24.7 Å². The minimum absolute atomic E-state index is 0.0469. The van der Waals surface area contributed by atoms with Gasteiger partial charge in [-0.25, -0.2) is 4.79 Å². The molecule has 8 heteroatoms. The van der Waals surface area contributed by atoms with Gasteiger partial charge in [-0.05, 0) is 6.07 Å². The Morgan fingerprint density at radius 1 is 1.43 bits per heavy atom. The summed E-state index contributed by atoms with van der Waals surface area (Å²) in [4.78, 5) is 11.0. The number of aromatic nitrogens is 2. The van der Waals surface area contributed by atoms with E-state index in [0.717, 1.165) is 0 Å². The van der Waals surface area contributed by atoms with Crippen LogP contribution in [0.4, 0.5) is 0 Å². The maximum absolute atomic E-state index is 11.0. The minimum atomic E-state index is -1.11. The van der Waals surface area contributed by atoms with E-state index in [-0.39, 0.29) is 10.7 Å². The molecule has 0 aliphatic carbocycles. The second-order valence-corrected chi connectivity index (χ2v) is 4.64. The number of H-pyrrole nitrogens is 1. The number of rotatable bonds is 3. The van der Waals surface area contributed by atoms with Crippen molar-refractivity contribution in [3.8, 4) is 28.5 Å². The van der Waals surface area contributed by atoms with Gasteiger partial charge in [0, 0.05) is 6.07 Å². The molecule has 1 aromatic heterocycles. The van der Waals surface area contributed by atoms with Crippen molar-refractivity contribution in [2.24, 2.45) is 0 Å². The van der Waals surface area contributed by atoms with Crippen LogP contribution in [0.25, 0.3) is 11.3 Å². The van der Waals surface area contributed by atoms with Crippen molar-refractivity contribution in [2.45, 2.75) is 0 Å². The number of carbonyl (C=O) groups is 1. The van der Waals surface area contributed by atoms with Crippen LogP contribution in [-0.2, 0) is 0 Å². The highest BCUT2D eigenvalue weighted by molar-refractivity contribution is 6.35. The zero-order valence-corrected chi connectivity index (χ0v) is 11.7. The number of nitrogens with zero attached hydrogens (tertiary/aromatic N) is 1. The normalized spacial score (nSPS) is 13.0. The molecule has 3 rings (SSSR count). The highest BCUT2D eigenvalue weighted by Crippen LogP contribution is 2.48. The summed E-state index contributed by atoms with van der Waals surface area (Å²) in [6, 6.07) is 3.01. The third-order valence-corrected chi connectivity index (χ3v) is 3.40. The molecule has 1 aliphatic heterocycles. The van der Waals surface area contributed by atoms with Crippen molar-refractivity contribution in [2.75, 3.05) is 20.3 Å². The lowest BCUT2D eigenvalue weighted by molar-refractivity contribution is 0.0690. The quantitative estimate of drug-likeness (QED) is 0.902. The lowest BCUT2D eigenvalue weighted by Gasteiger charge is -2.22. The topological polar surface area (TPSA) is 93.7 Å². The molecular weight excluding hydrogens is 300 g/mol. The fourth-order valence-corrected chi connectivity index (χ4v) is 2.39. The molecular formula is C13H11ClN2O5. The Balaban J connectivity index is 2.21. The van der Waals surface area contributed by atoms with E-state index in [0.29, 0.717) is 41.7 Å². The zero-order valence-electron chi connectivity index (χ0n) is 11.0. The number of carboxylic acid groups (broad SMARTS) is 1. The molecule has 0 unspecified atom stereocenters. The van der Waals surface area contributed by atoms with E-state index in [4.69, 9.17) is 30.9 Å². The van der Waals surface area contributed by atoms with Gasteiger partial charge in [0.25, 0.3) is 0 Å². The number of hydrogen-bond acceptors (Lipinski definition) is 5. The van der Waals surface area contributed by atoms with Crippen LogP contribution >= 0.6 is 11.6 Å². The maximum atomic E-state index is 11.0. The molecule has 2 aromatic rings. The average Bonchev–Trinajstić information content (AvgIpc) is 2.96. The summed E-state index contributed by atoms with van der Waals surface area (Å²) >= 11 is 6.31. The largest absolute Gasteiger partial charge is 0.495 e. The second-order valence-electron chi connectivity index (χ2n) is 4.26. The Kier molecular flexibility index (Phi) is 3.34. The predicted molar refractivity (Wildman–Crippen MR) is 73.5 cm³/mol. The molecule has 2 heterocycles. The molecule has 1 aliphatic rings. The number of nitrogens with one attached hydrogen (secondary N) is 1. The highest BCUT2D eigenvalue weighted by atomic mass is 35.5. The van der Waals surface area contributed by atoms with Gasteiger partial charge in [-0.1, -0.05) is 11.6 Å². The standard InChI is InChI=1S/C13H11ClN2O5/c1-19-8-5-9-12(21-3-2-20-9)10(11(8)14)6-4-7(13(17)18)16-15-6/h4-5H,2-3H2,1H3,(H,15,16)(H,17,18). The number of carboxylic acids is 1. The SMILES string of the molecule is COc1cc2c(c(-c3cc(C(=O)O)[nH]n3)c1Cl)OCCO2. The molecule has 0 fully saturated rings. The summed E-state index contributed by atoms with van der Waals surface area (Å²) in [5.41, 5.74) is 0.738. The number of methoxy groups -OCH3 is 1. The molecule has 7 nitrogen and oxygen atoms in total. The Labute approximate surface area is 124 Å². The number of ether oxygens (including phenoxy) is 3. The summed E-state index contributed by atoms with van der Waals surface area (Å²) in [5.74, 6) is 0.197. The fourth-order valence-electron chi connectivity index (χ4n) is 2.08. The highest BCUT2D eigenvalue weighted by Gasteiger charge is 2.26. The maximum Gasteiger partial charge on any atom is 0.353 e. The van der Waals surface area contributed by atoms with Gasteiger partial charge >= 0.3 is 5.97 Å². The van der Waals surface area contributed by atoms with Crippen molar-refractivity contribution < 1.29 is 24.1 Å². The summed E-state index contributed by atoms with van der Waals surface area (Å²) < 4.78 is 16.3. The second kappa shape index (κ2) is 5.17. The Bertz CT molecular complexity index is 713. The lowest BCUT2D eigenvalue weighted by atomic mass is 10.1. The number of aromatic amines is 1. The minimum Gasteiger partial charge on any atom is -0.495 e. The lowest BCUT2D eigenvalue weighted by Crippen LogP contribution is -2.16. The molecule has 0 bridgehead atoms. The van der Waals surface area contributed by atoms with Crippen molar-refractivity contribution in [3.05, 3.63) is 22.8 Å². The van der Waals surface area contributed by atoms with Gasteiger partial charge in [-0.3, -0.25) is 5.10 Å². The first-order valence-corrected chi connectivity index (χ1v) is 6.44. The first kappa shape index (κ1) is 13.6. The smallest absolute Gasteiger partial charge is 0.353 e. The average molecular weight is 311 g/mol. The Hall–Kier alpha value is -2.41. The van der Waals surface area contributed by atoms with E-state index in [1.165, 1.54) is 13.2 Å². The van der Waals surface area contributed by atoms with Gasteiger partial charge in [-0.2, -0.15) is 5.10 Å². The Morgan fingerprint density at radius 2 is 2.19 bits per heavy atom. The monoisotopic (exact) mass is 310 g/mol. The first-order chi connectivity index (χ1) is 10.1. The summed E-state index contributed by atoms with van der Waals surface area (Å²) in [6.45, 7) is 0.789. The van der Waals surface area contributed by atoms with Crippen LogP contribution in [0.3, 0.4) is 0 Å². The molecule has 0 spiro atoms. The van der Waals surface area contributed by atoms with Crippen molar-refractivity contribution >= 4 is 17.6 Å². The summed E-state index contributed by atoms with van der Waals surface area (Å²) in [7, 11) is 1.48. The Morgan fingerprint density at radius 3 is 2.86 bits per heavy atom. The molecule has 0 saturated heterocycles. The van der Waals surface area contributed by atoms with Crippen LogP contribution in [0, 0.1) is 0 Å². The number of halogens is 1. The molecule has 110 valence electrons. The summed E-state index contributed by atoms with van der Waals surface area (Å²) in [6.07, 6.45) is 0. The molecule has 2 N–H and O–H groups in total. The van der Waals surface area contributed by atoms with Crippen LogP contribution in [-0.4, -0.2) is 41.6 Å². The van der Waals surface area contributed by atoms with Crippen LogP contribution in [0.15, 0.2) is 12.1 Å². The zero-order chi connectivity index (χ0) is 15.0. The molecule has 0 atom stereocenters. The van der Waals surface area contributed by atoms with Crippen LogP contribution in [0.5, 0.6) is 17.2 Å². The third-order valence-electron chi connectivity index (χ3n) is 3.02. The van der Waals surface area contributed by atoms with Crippen molar-refractivity contribution in [3.63, 3.8) is 0 Å². The van der Waals surface area contributed by atoms with Crippen molar-refractivity contribution in [1.29, 1.82) is 0 Å². The predicted octanol–water partition coefficient (Wildman–Crippen LogP) is 2.21. The van der Waals surface area contributed by atoms with E-state index in [9.17, 15) is 4.79 Å². The number of hydrogen-bond donors (Lipinski definition) is 2. The third kappa shape index (κ3) is 2.25. The van der Waals surface area contributed by atoms with Gasteiger partial charge in [0.15, 0.2) is 11.5 Å². The van der Waals surface area contributed by atoms with Gasteiger partial charge < -0.3 is 19.3 Å². The van der Waals surface area contributed by atoms with Crippen LogP contribution < -0.4 is 14.2 Å². The van der Waals surface area contributed by atoms with Gasteiger partial charge in [0.05, 0.1) is 23.4 Å². The molecule has 1 aromatic carbocycles.